The zero-order chi connectivity index (χ0) is 22.8. The number of hydrogen-bond acceptors (Lipinski definition) is 6. The van der Waals surface area contributed by atoms with Crippen LogP contribution in [0.5, 0.6) is 11.5 Å². The molecule has 0 aliphatic rings. The third kappa shape index (κ3) is 8.33. The van der Waals surface area contributed by atoms with Crippen molar-refractivity contribution in [2.75, 3.05) is 20.3 Å². The number of carboxylic acids is 1. The van der Waals surface area contributed by atoms with Crippen molar-refractivity contribution in [2.45, 2.75) is 18.9 Å². The van der Waals surface area contributed by atoms with Crippen LogP contribution < -0.4 is 44.1 Å². The number of carbonyl (C=O) groups is 2. The topological polar surface area (TPSA) is 84.9 Å². The van der Waals surface area contributed by atoms with Gasteiger partial charge in [0.2, 0.25) is 0 Å². The molecule has 0 spiro atoms. The summed E-state index contributed by atoms with van der Waals surface area (Å²) >= 11 is 0. The SMILES string of the molecule is COC(Cc1ccc(OCCCOc2ccc(C(=O)c3ccccc3)cc2)cc1)C(=O)[O-].[Na+]. The van der Waals surface area contributed by atoms with Crippen molar-refractivity contribution in [3.8, 4) is 11.5 Å². The molecule has 166 valence electrons. The molecule has 1 atom stereocenters. The van der Waals surface area contributed by atoms with Crippen molar-refractivity contribution >= 4 is 11.8 Å². The third-order valence-electron chi connectivity index (χ3n) is 4.87. The van der Waals surface area contributed by atoms with Crippen LogP contribution in [0.2, 0.25) is 0 Å². The van der Waals surface area contributed by atoms with Crippen LogP contribution in [0.15, 0.2) is 78.9 Å². The summed E-state index contributed by atoms with van der Waals surface area (Å²) in [5.74, 6) is 0.138. The van der Waals surface area contributed by atoms with Crippen LogP contribution in [0, 0.1) is 0 Å². The maximum atomic E-state index is 12.4. The molecule has 0 saturated carbocycles. The Bertz CT molecular complexity index is 1000. The molecule has 1 unspecified atom stereocenters. The molecule has 0 radical (unpaired) electrons. The van der Waals surface area contributed by atoms with Gasteiger partial charge in [-0.2, -0.15) is 0 Å². The summed E-state index contributed by atoms with van der Waals surface area (Å²) in [7, 11) is 1.35. The van der Waals surface area contributed by atoms with E-state index in [4.69, 9.17) is 14.2 Å². The molecule has 0 amide bonds. The monoisotopic (exact) mass is 456 g/mol. The molecule has 0 aromatic heterocycles. The van der Waals surface area contributed by atoms with Gasteiger partial charge in [0.15, 0.2) is 5.78 Å². The Morgan fingerprint density at radius 1 is 0.788 bits per heavy atom. The summed E-state index contributed by atoms with van der Waals surface area (Å²) in [5.41, 5.74) is 2.10. The fraction of sp³-hybridized carbons (Fsp3) is 0.231. The Morgan fingerprint density at radius 2 is 1.30 bits per heavy atom. The average Bonchev–Trinajstić information content (AvgIpc) is 2.83. The Morgan fingerprint density at radius 3 is 1.82 bits per heavy atom. The smallest absolute Gasteiger partial charge is 0.547 e. The van der Waals surface area contributed by atoms with E-state index in [1.807, 2.05) is 18.2 Å². The normalized spacial score (nSPS) is 11.2. The van der Waals surface area contributed by atoms with Crippen LogP contribution in [0.25, 0.3) is 0 Å². The van der Waals surface area contributed by atoms with E-state index in [0.29, 0.717) is 42.3 Å². The third-order valence-corrected chi connectivity index (χ3v) is 4.87. The Kier molecular flexibility index (Phi) is 11.1. The Balaban J connectivity index is 0.00000385. The van der Waals surface area contributed by atoms with E-state index in [0.717, 1.165) is 5.56 Å². The van der Waals surface area contributed by atoms with Crippen LogP contribution in [-0.4, -0.2) is 38.2 Å². The van der Waals surface area contributed by atoms with Gasteiger partial charge in [-0.3, -0.25) is 4.79 Å². The van der Waals surface area contributed by atoms with Crippen LogP contribution in [0.4, 0.5) is 0 Å². The number of aliphatic carboxylic acids is 1. The van der Waals surface area contributed by atoms with E-state index in [-0.39, 0.29) is 41.8 Å². The van der Waals surface area contributed by atoms with Crippen molar-refractivity contribution < 1.29 is 58.5 Å². The summed E-state index contributed by atoms with van der Waals surface area (Å²) in [5, 5.41) is 10.9. The van der Waals surface area contributed by atoms with Crippen molar-refractivity contribution in [3.63, 3.8) is 0 Å². The molecule has 0 saturated heterocycles. The first-order valence-corrected chi connectivity index (χ1v) is 10.3. The van der Waals surface area contributed by atoms with Gasteiger partial charge in [0.1, 0.15) is 17.6 Å². The van der Waals surface area contributed by atoms with Gasteiger partial charge < -0.3 is 24.1 Å². The number of carbonyl (C=O) groups excluding carboxylic acids is 2. The van der Waals surface area contributed by atoms with Gasteiger partial charge in [-0.1, -0.05) is 42.5 Å². The van der Waals surface area contributed by atoms with Crippen molar-refractivity contribution in [3.05, 3.63) is 95.6 Å². The van der Waals surface area contributed by atoms with E-state index in [2.05, 4.69) is 0 Å². The van der Waals surface area contributed by atoms with E-state index in [9.17, 15) is 14.7 Å². The van der Waals surface area contributed by atoms with Gasteiger partial charge in [-0.25, -0.2) is 0 Å². The van der Waals surface area contributed by atoms with E-state index in [1.165, 1.54) is 7.11 Å². The molecule has 0 fully saturated rings. The molecule has 7 heteroatoms. The van der Waals surface area contributed by atoms with Crippen LogP contribution in [0.1, 0.15) is 27.9 Å². The number of ketones is 1. The number of hydrogen-bond donors (Lipinski definition) is 0. The average molecular weight is 456 g/mol. The van der Waals surface area contributed by atoms with Gasteiger partial charge in [-0.15, -0.1) is 0 Å². The predicted molar refractivity (Wildman–Crippen MR) is 118 cm³/mol. The second kappa shape index (κ2) is 13.8. The molecular weight excluding hydrogens is 431 g/mol. The van der Waals surface area contributed by atoms with Gasteiger partial charge >= 0.3 is 29.6 Å². The minimum absolute atomic E-state index is 0. The van der Waals surface area contributed by atoms with Gasteiger partial charge in [0.25, 0.3) is 0 Å². The summed E-state index contributed by atoms with van der Waals surface area (Å²) in [6, 6.07) is 23.4. The number of rotatable bonds is 12. The van der Waals surface area contributed by atoms with Crippen molar-refractivity contribution in [1.29, 1.82) is 0 Å². The van der Waals surface area contributed by atoms with E-state index in [1.54, 1.807) is 60.7 Å². The molecule has 6 nitrogen and oxygen atoms in total. The summed E-state index contributed by atoms with van der Waals surface area (Å²) in [4.78, 5) is 23.3. The standard InChI is InChI=1S/C26H26O6.Na/c1-30-24(26(28)29)18-19-8-12-22(13-9-19)31-16-5-17-32-23-14-10-21(11-15-23)25(27)20-6-3-2-4-7-20;/h2-4,6-15,24H,5,16-18H2,1H3,(H,28,29);/q;+1/p-1. The zero-order valence-corrected chi connectivity index (χ0v) is 20.9. The molecule has 0 aliphatic carbocycles. The molecule has 0 bridgehead atoms. The summed E-state index contributed by atoms with van der Waals surface area (Å²) in [6.07, 6.45) is -0.0459. The minimum Gasteiger partial charge on any atom is -0.547 e. The number of benzene rings is 3. The second-order valence-electron chi connectivity index (χ2n) is 7.16. The quantitative estimate of drug-likeness (QED) is 0.218. The van der Waals surface area contributed by atoms with E-state index < -0.39 is 12.1 Å². The molecule has 0 aliphatic heterocycles. The first-order chi connectivity index (χ1) is 15.6. The molecular formula is C26H25NaO6. The zero-order valence-electron chi connectivity index (χ0n) is 18.9. The fourth-order valence-corrected chi connectivity index (χ4v) is 3.10. The summed E-state index contributed by atoms with van der Waals surface area (Å²) in [6.45, 7) is 0.953. The van der Waals surface area contributed by atoms with Crippen LogP contribution >= 0.6 is 0 Å². The van der Waals surface area contributed by atoms with Gasteiger partial charge in [0.05, 0.1) is 19.2 Å². The number of carboxylic acid groups (broad SMARTS) is 1. The molecule has 3 aromatic carbocycles. The Hall–Kier alpha value is -2.64. The second-order valence-corrected chi connectivity index (χ2v) is 7.16. The first-order valence-electron chi connectivity index (χ1n) is 10.3. The van der Waals surface area contributed by atoms with E-state index >= 15 is 0 Å². The minimum atomic E-state index is -1.23. The maximum Gasteiger partial charge on any atom is 1.00 e. The molecule has 3 rings (SSSR count). The molecule has 3 aromatic rings. The number of methoxy groups -OCH3 is 1. The number of ether oxygens (including phenoxy) is 3. The van der Waals surface area contributed by atoms with Crippen molar-refractivity contribution in [2.24, 2.45) is 0 Å². The largest absolute Gasteiger partial charge is 1.00 e. The van der Waals surface area contributed by atoms with Crippen LogP contribution in [-0.2, 0) is 16.0 Å². The maximum absolute atomic E-state index is 12.4. The molecule has 33 heavy (non-hydrogen) atoms. The first kappa shape index (κ1) is 26.6. The van der Waals surface area contributed by atoms with Crippen molar-refractivity contribution in [1.82, 2.24) is 0 Å². The Labute approximate surface area is 215 Å². The summed E-state index contributed by atoms with van der Waals surface area (Å²) < 4.78 is 16.3. The predicted octanol–water partition coefficient (Wildman–Crippen LogP) is 0.0769. The molecule has 0 heterocycles. The fourth-order valence-electron chi connectivity index (χ4n) is 3.10. The van der Waals surface area contributed by atoms with Gasteiger partial charge in [-0.05, 0) is 42.0 Å². The molecule has 0 N–H and O–H groups in total. The van der Waals surface area contributed by atoms with Crippen LogP contribution in [0.3, 0.4) is 0 Å². The van der Waals surface area contributed by atoms with Gasteiger partial charge in [0, 0.05) is 31.1 Å².